The third-order valence-electron chi connectivity index (χ3n) is 4.12. The molecule has 0 fully saturated rings. The lowest BCUT2D eigenvalue weighted by Gasteiger charge is -2.19. The number of para-hydroxylation sites is 2. The molecule has 0 bridgehead atoms. The summed E-state index contributed by atoms with van der Waals surface area (Å²) < 4.78 is 10.6. The van der Waals surface area contributed by atoms with Crippen LogP contribution in [0.4, 0.5) is 0 Å². The number of ether oxygens (including phenoxy) is 1. The maximum atomic E-state index is 12.5. The summed E-state index contributed by atoms with van der Waals surface area (Å²) in [4.78, 5) is 23.9. The zero-order chi connectivity index (χ0) is 18.0. The topological polar surface area (TPSA) is 76.7 Å². The van der Waals surface area contributed by atoms with Crippen molar-refractivity contribution in [3.63, 3.8) is 0 Å². The molecule has 25 heavy (non-hydrogen) atoms. The Morgan fingerprint density at radius 1 is 1.16 bits per heavy atom. The molecule has 0 aliphatic heterocycles. The summed E-state index contributed by atoms with van der Waals surface area (Å²) in [6, 6.07) is 13.8. The number of fused-ring (bicyclic) bond motifs is 1. The normalized spacial score (nSPS) is 12.1. The fraction of sp³-hybridized carbons (Fsp3) is 0.200. The molecule has 1 heterocycles. The highest BCUT2D eigenvalue weighted by Crippen LogP contribution is 2.39. The summed E-state index contributed by atoms with van der Waals surface area (Å²) in [5.74, 6) is -0.640. The molecule has 3 aromatic rings. The van der Waals surface area contributed by atoms with E-state index in [-0.39, 0.29) is 11.3 Å². The van der Waals surface area contributed by atoms with E-state index in [0.29, 0.717) is 28.7 Å². The number of benzene rings is 2. The molecule has 1 N–H and O–H groups in total. The van der Waals surface area contributed by atoms with Crippen LogP contribution in [-0.4, -0.2) is 11.1 Å². The van der Waals surface area contributed by atoms with E-state index in [2.05, 4.69) is 0 Å². The molecule has 2 aromatic carbocycles. The Kier molecular flexibility index (Phi) is 4.57. The Labute approximate surface area is 144 Å². The van der Waals surface area contributed by atoms with Gasteiger partial charge in [0.25, 0.3) is 0 Å². The highest BCUT2D eigenvalue weighted by atomic mass is 16.5. The molecule has 1 unspecified atom stereocenters. The minimum absolute atomic E-state index is 0.101. The van der Waals surface area contributed by atoms with Crippen LogP contribution in [-0.2, 0) is 4.79 Å². The second-order valence-corrected chi connectivity index (χ2v) is 5.74. The summed E-state index contributed by atoms with van der Waals surface area (Å²) in [5, 5.41) is 11.2. The zero-order valence-corrected chi connectivity index (χ0v) is 14.0. The largest absolute Gasteiger partial charge is 0.507 e. The van der Waals surface area contributed by atoms with Gasteiger partial charge in [0.15, 0.2) is 0 Å². The van der Waals surface area contributed by atoms with Gasteiger partial charge in [-0.3, -0.25) is 4.79 Å². The summed E-state index contributed by atoms with van der Waals surface area (Å²) in [6.45, 7) is 3.21. The number of carbonyl (C=O) groups excluding carboxylic acids is 1. The summed E-state index contributed by atoms with van der Waals surface area (Å²) in [7, 11) is 0. The first kappa shape index (κ1) is 16.8. The Morgan fingerprint density at radius 2 is 1.84 bits per heavy atom. The average molecular weight is 338 g/mol. The van der Waals surface area contributed by atoms with E-state index >= 15 is 0 Å². The highest BCUT2D eigenvalue weighted by molar-refractivity contribution is 5.84. The van der Waals surface area contributed by atoms with Crippen molar-refractivity contribution in [3.05, 3.63) is 70.1 Å². The van der Waals surface area contributed by atoms with E-state index in [1.54, 1.807) is 48.5 Å². The highest BCUT2D eigenvalue weighted by Gasteiger charge is 2.26. The van der Waals surface area contributed by atoms with Gasteiger partial charge in [-0.2, -0.15) is 0 Å². The monoisotopic (exact) mass is 338 g/mol. The molecule has 5 nitrogen and oxygen atoms in total. The summed E-state index contributed by atoms with van der Waals surface area (Å²) >= 11 is 0. The predicted molar refractivity (Wildman–Crippen MR) is 94.0 cm³/mol. The number of rotatable bonds is 4. The van der Waals surface area contributed by atoms with Gasteiger partial charge in [-0.05, 0) is 24.6 Å². The fourth-order valence-corrected chi connectivity index (χ4v) is 3.05. The quantitative estimate of drug-likeness (QED) is 0.442. The van der Waals surface area contributed by atoms with Crippen molar-refractivity contribution in [2.45, 2.75) is 26.2 Å². The third-order valence-corrected chi connectivity index (χ3v) is 4.12. The van der Waals surface area contributed by atoms with Crippen LogP contribution in [0, 0.1) is 0 Å². The molecule has 0 spiro atoms. The molecule has 5 heteroatoms. The number of esters is 1. The lowest BCUT2D eigenvalue weighted by molar-refractivity contribution is -0.131. The first-order chi connectivity index (χ1) is 12.0. The van der Waals surface area contributed by atoms with E-state index in [9.17, 15) is 14.7 Å². The second kappa shape index (κ2) is 6.81. The second-order valence-electron chi connectivity index (χ2n) is 5.74. The Bertz CT molecular complexity index is 987. The maximum absolute atomic E-state index is 12.5. The average Bonchev–Trinajstić information content (AvgIpc) is 2.59. The van der Waals surface area contributed by atoms with Gasteiger partial charge >= 0.3 is 11.6 Å². The minimum atomic E-state index is -0.597. The Balaban J connectivity index is 2.22. The molecule has 128 valence electrons. The van der Waals surface area contributed by atoms with Gasteiger partial charge in [0, 0.05) is 18.4 Å². The van der Waals surface area contributed by atoms with Gasteiger partial charge < -0.3 is 14.3 Å². The zero-order valence-electron chi connectivity index (χ0n) is 14.0. The van der Waals surface area contributed by atoms with Crippen LogP contribution in [0.3, 0.4) is 0 Å². The molecule has 0 amide bonds. The van der Waals surface area contributed by atoms with Gasteiger partial charge in [-0.15, -0.1) is 0 Å². The van der Waals surface area contributed by atoms with E-state index < -0.39 is 17.5 Å². The third kappa shape index (κ3) is 3.13. The van der Waals surface area contributed by atoms with E-state index in [1.807, 2.05) is 6.92 Å². The van der Waals surface area contributed by atoms with Gasteiger partial charge in [0.1, 0.15) is 17.1 Å². The van der Waals surface area contributed by atoms with Crippen LogP contribution in [0.5, 0.6) is 11.5 Å². The van der Waals surface area contributed by atoms with Crippen molar-refractivity contribution >= 4 is 16.9 Å². The van der Waals surface area contributed by atoms with Crippen molar-refractivity contribution in [1.82, 2.24) is 0 Å². The molecule has 1 aromatic heterocycles. The molecule has 1 atom stereocenters. The number of hydrogen-bond donors (Lipinski definition) is 1. The molecular weight excluding hydrogens is 320 g/mol. The van der Waals surface area contributed by atoms with Crippen LogP contribution < -0.4 is 10.4 Å². The molecule has 0 saturated heterocycles. The van der Waals surface area contributed by atoms with Gasteiger partial charge in [-0.25, -0.2) is 4.79 Å². The van der Waals surface area contributed by atoms with Crippen LogP contribution in [0.1, 0.15) is 37.3 Å². The van der Waals surface area contributed by atoms with Crippen LogP contribution in [0.25, 0.3) is 11.0 Å². The van der Waals surface area contributed by atoms with E-state index in [1.165, 1.54) is 6.92 Å². The minimum Gasteiger partial charge on any atom is -0.507 e. The standard InChI is InChI=1S/C20H18O5/c1-3-13(14-8-4-6-10-16(14)24-12(2)21)18-19(22)15-9-5-7-11-17(15)25-20(18)23/h4-11,13,22H,3H2,1-2H3. The molecule has 0 aliphatic rings. The number of hydrogen-bond acceptors (Lipinski definition) is 5. The van der Waals surface area contributed by atoms with Gasteiger partial charge in [0.05, 0.1) is 10.9 Å². The van der Waals surface area contributed by atoms with Crippen LogP contribution >= 0.6 is 0 Å². The summed E-state index contributed by atoms with van der Waals surface area (Å²) in [5.41, 5.74) is 0.552. The lowest BCUT2D eigenvalue weighted by Crippen LogP contribution is -2.15. The Hall–Kier alpha value is -3.08. The summed E-state index contributed by atoms with van der Waals surface area (Å²) in [6.07, 6.45) is 0.523. The predicted octanol–water partition coefficient (Wildman–Crippen LogP) is 3.97. The molecule has 0 aliphatic carbocycles. The molecular formula is C20H18O5. The van der Waals surface area contributed by atoms with Crippen molar-refractivity contribution in [2.24, 2.45) is 0 Å². The van der Waals surface area contributed by atoms with Crippen molar-refractivity contribution in [2.75, 3.05) is 0 Å². The number of carbonyl (C=O) groups is 1. The molecule has 0 saturated carbocycles. The van der Waals surface area contributed by atoms with Crippen molar-refractivity contribution in [3.8, 4) is 11.5 Å². The molecule has 3 rings (SSSR count). The lowest BCUT2D eigenvalue weighted by atomic mass is 9.88. The number of aromatic hydroxyl groups is 1. The van der Waals surface area contributed by atoms with E-state index in [4.69, 9.17) is 9.15 Å². The maximum Gasteiger partial charge on any atom is 0.343 e. The first-order valence-corrected chi connectivity index (χ1v) is 8.05. The first-order valence-electron chi connectivity index (χ1n) is 8.05. The fourth-order valence-electron chi connectivity index (χ4n) is 3.05. The smallest absolute Gasteiger partial charge is 0.343 e. The van der Waals surface area contributed by atoms with Gasteiger partial charge in [-0.1, -0.05) is 37.3 Å². The molecule has 0 radical (unpaired) electrons. The van der Waals surface area contributed by atoms with Crippen molar-refractivity contribution < 1.29 is 19.1 Å². The van der Waals surface area contributed by atoms with Crippen LogP contribution in [0.2, 0.25) is 0 Å². The van der Waals surface area contributed by atoms with E-state index in [0.717, 1.165) is 0 Å². The van der Waals surface area contributed by atoms with Gasteiger partial charge in [0.2, 0.25) is 0 Å². The SMILES string of the molecule is CCC(c1ccccc1OC(C)=O)c1c(O)c2ccccc2oc1=O. The van der Waals surface area contributed by atoms with Crippen LogP contribution in [0.15, 0.2) is 57.7 Å². The van der Waals surface area contributed by atoms with Crippen molar-refractivity contribution in [1.29, 1.82) is 0 Å². The Morgan fingerprint density at radius 3 is 2.56 bits per heavy atom.